The molecule has 20 heavy (non-hydrogen) atoms. The molecule has 1 unspecified atom stereocenters. The summed E-state index contributed by atoms with van der Waals surface area (Å²) in [4.78, 5) is 0. The highest BCUT2D eigenvalue weighted by Crippen LogP contribution is 2.35. The molecule has 3 nitrogen and oxygen atoms in total. The van der Waals surface area contributed by atoms with E-state index in [1.54, 1.807) is 6.92 Å². The summed E-state index contributed by atoms with van der Waals surface area (Å²) in [5.74, 6) is -1.83. The lowest BCUT2D eigenvalue weighted by Gasteiger charge is -2.19. The Bertz CT molecular complexity index is 606. The highest BCUT2D eigenvalue weighted by Gasteiger charge is 2.18. The second-order valence-electron chi connectivity index (χ2n) is 4.32. The molecule has 0 aromatic heterocycles. The number of nitrogens with one attached hydrogen (secondary N) is 1. The van der Waals surface area contributed by atoms with E-state index in [4.69, 9.17) is 0 Å². The predicted molar refractivity (Wildman–Crippen MR) is 75.9 cm³/mol. The van der Waals surface area contributed by atoms with E-state index < -0.39 is 17.7 Å². The molecule has 0 fully saturated rings. The molecule has 0 aliphatic carbocycles. The van der Waals surface area contributed by atoms with E-state index in [0.717, 1.165) is 12.1 Å². The molecule has 3 N–H and O–H groups in total. The Balaban J connectivity index is 2.35. The molecule has 0 spiro atoms. The van der Waals surface area contributed by atoms with Crippen molar-refractivity contribution in [2.45, 2.75) is 13.0 Å². The number of hydrogen-bond donors (Lipinski definition) is 3. The number of phenols is 2. The average molecular weight is 344 g/mol. The lowest BCUT2D eigenvalue weighted by molar-refractivity contribution is 0.433. The van der Waals surface area contributed by atoms with Crippen LogP contribution in [0.1, 0.15) is 18.5 Å². The first-order valence-electron chi connectivity index (χ1n) is 5.82. The van der Waals surface area contributed by atoms with Crippen LogP contribution in [0.25, 0.3) is 0 Å². The van der Waals surface area contributed by atoms with Crippen molar-refractivity contribution in [1.29, 1.82) is 0 Å². The zero-order chi connectivity index (χ0) is 14.9. The van der Waals surface area contributed by atoms with Gasteiger partial charge in [-0.15, -0.1) is 0 Å². The van der Waals surface area contributed by atoms with Gasteiger partial charge in [-0.3, -0.25) is 0 Å². The summed E-state index contributed by atoms with van der Waals surface area (Å²) in [6.07, 6.45) is 0. The van der Waals surface area contributed by atoms with E-state index in [9.17, 15) is 19.0 Å². The van der Waals surface area contributed by atoms with Crippen LogP contribution < -0.4 is 5.32 Å². The molecule has 6 heteroatoms. The first kappa shape index (κ1) is 14.6. The maximum Gasteiger partial charge on any atom is 0.150 e. The molecular formula is C14H12BrF2NO2. The van der Waals surface area contributed by atoms with Crippen molar-refractivity contribution in [2.24, 2.45) is 0 Å². The number of halogens is 3. The Hall–Kier alpha value is -1.82. The Kier molecular flexibility index (Phi) is 4.13. The molecule has 1 atom stereocenters. The predicted octanol–water partition coefficient (Wildman–Crippen LogP) is 4.31. The molecule has 106 valence electrons. The normalized spacial score (nSPS) is 12.2. The molecule has 0 saturated carbocycles. The second kappa shape index (κ2) is 5.66. The van der Waals surface area contributed by atoms with Crippen LogP contribution in [-0.4, -0.2) is 10.2 Å². The molecule has 0 amide bonds. The van der Waals surface area contributed by atoms with Crippen LogP contribution in [0.15, 0.2) is 34.8 Å². The molecule has 2 rings (SSSR count). The van der Waals surface area contributed by atoms with Gasteiger partial charge in [0.05, 0.1) is 11.6 Å². The molecule has 2 aromatic rings. The molecule has 0 heterocycles. The minimum Gasteiger partial charge on any atom is -0.507 e. The van der Waals surface area contributed by atoms with Crippen molar-refractivity contribution in [3.8, 4) is 11.5 Å². The third-order valence-electron chi connectivity index (χ3n) is 2.86. The van der Waals surface area contributed by atoms with Gasteiger partial charge in [0.2, 0.25) is 0 Å². The van der Waals surface area contributed by atoms with Crippen LogP contribution in [-0.2, 0) is 0 Å². The van der Waals surface area contributed by atoms with Gasteiger partial charge in [-0.2, -0.15) is 0 Å². The first-order valence-corrected chi connectivity index (χ1v) is 6.61. The molecule has 0 bridgehead atoms. The number of aromatic hydroxyl groups is 2. The standard InChI is InChI=1S/C14H12BrF2NO2/c1-7(13-11(19)3-2-4-12(13)20)18-14-9(16)5-8(15)6-10(14)17/h2-7,18-20H,1H3. The Labute approximate surface area is 123 Å². The summed E-state index contributed by atoms with van der Waals surface area (Å²) in [5.41, 5.74) is -0.141. The van der Waals surface area contributed by atoms with E-state index in [-0.39, 0.29) is 27.2 Å². The molecule has 2 aromatic carbocycles. The van der Waals surface area contributed by atoms with Crippen LogP contribution in [0, 0.1) is 11.6 Å². The summed E-state index contributed by atoms with van der Waals surface area (Å²) in [6, 6.07) is 5.83. The zero-order valence-corrected chi connectivity index (χ0v) is 12.1. The third-order valence-corrected chi connectivity index (χ3v) is 3.32. The van der Waals surface area contributed by atoms with Gasteiger partial charge in [-0.1, -0.05) is 22.0 Å². The van der Waals surface area contributed by atoms with Gasteiger partial charge in [0.1, 0.15) is 28.8 Å². The van der Waals surface area contributed by atoms with Crippen molar-refractivity contribution in [2.75, 3.05) is 5.32 Å². The van der Waals surface area contributed by atoms with Crippen molar-refractivity contribution in [1.82, 2.24) is 0 Å². The van der Waals surface area contributed by atoms with Crippen LogP contribution in [0.5, 0.6) is 11.5 Å². The van der Waals surface area contributed by atoms with Crippen molar-refractivity contribution < 1.29 is 19.0 Å². The molecule has 0 radical (unpaired) electrons. The summed E-state index contributed by atoms with van der Waals surface area (Å²) < 4.78 is 27.7. The number of benzene rings is 2. The van der Waals surface area contributed by atoms with E-state index >= 15 is 0 Å². The number of anilines is 1. The van der Waals surface area contributed by atoms with Gasteiger partial charge >= 0.3 is 0 Å². The minimum absolute atomic E-state index is 0.150. The first-order chi connectivity index (χ1) is 9.40. The lowest BCUT2D eigenvalue weighted by Crippen LogP contribution is -2.10. The lowest BCUT2D eigenvalue weighted by atomic mass is 10.1. The minimum atomic E-state index is -0.765. The van der Waals surface area contributed by atoms with Gasteiger partial charge in [0.15, 0.2) is 0 Å². The second-order valence-corrected chi connectivity index (χ2v) is 5.24. The van der Waals surface area contributed by atoms with Gasteiger partial charge < -0.3 is 15.5 Å². The number of hydrogen-bond acceptors (Lipinski definition) is 3. The van der Waals surface area contributed by atoms with Gasteiger partial charge in [-0.05, 0) is 31.2 Å². The van der Waals surface area contributed by atoms with E-state index in [0.29, 0.717) is 0 Å². The molecule has 0 aliphatic rings. The zero-order valence-electron chi connectivity index (χ0n) is 10.5. The third kappa shape index (κ3) is 2.85. The largest absolute Gasteiger partial charge is 0.507 e. The highest BCUT2D eigenvalue weighted by atomic mass is 79.9. The fraction of sp³-hybridized carbons (Fsp3) is 0.143. The highest BCUT2D eigenvalue weighted by molar-refractivity contribution is 9.10. The van der Waals surface area contributed by atoms with Crippen LogP contribution in [0.3, 0.4) is 0 Å². The summed E-state index contributed by atoms with van der Waals surface area (Å²) in [5, 5.41) is 22.1. The average Bonchev–Trinajstić information content (AvgIpc) is 2.33. The number of phenolic OH excluding ortho intramolecular Hbond substituents is 2. The Morgan fingerprint density at radius 3 is 2.10 bits per heavy atom. The number of rotatable bonds is 3. The van der Waals surface area contributed by atoms with Crippen LogP contribution in [0.2, 0.25) is 0 Å². The summed E-state index contributed by atoms with van der Waals surface area (Å²) in [7, 11) is 0. The van der Waals surface area contributed by atoms with Crippen molar-refractivity contribution in [3.05, 3.63) is 52.0 Å². The van der Waals surface area contributed by atoms with E-state index in [2.05, 4.69) is 21.2 Å². The monoisotopic (exact) mass is 343 g/mol. The molecule has 0 aliphatic heterocycles. The summed E-state index contributed by atoms with van der Waals surface area (Å²) >= 11 is 2.99. The van der Waals surface area contributed by atoms with Gasteiger partial charge in [-0.25, -0.2) is 8.78 Å². The van der Waals surface area contributed by atoms with E-state index in [1.807, 2.05) is 0 Å². The topological polar surface area (TPSA) is 52.5 Å². The molecular weight excluding hydrogens is 332 g/mol. The maximum absolute atomic E-state index is 13.7. The van der Waals surface area contributed by atoms with Gasteiger partial charge in [0, 0.05) is 4.47 Å². The fourth-order valence-electron chi connectivity index (χ4n) is 1.95. The Morgan fingerprint density at radius 1 is 1.10 bits per heavy atom. The quantitative estimate of drug-likeness (QED) is 0.778. The SMILES string of the molecule is CC(Nc1c(F)cc(Br)cc1F)c1c(O)cccc1O. The van der Waals surface area contributed by atoms with Crippen LogP contribution >= 0.6 is 15.9 Å². The fourth-order valence-corrected chi connectivity index (χ4v) is 2.36. The smallest absolute Gasteiger partial charge is 0.150 e. The van der Waals surface area contributed by atoms with Gasteiger partial charge in [0.25, 0.3) is 0 Å². The van der Waals surface area contributed by atoms with E-state index in [1.165, 1.54) is 18.2 Å². The van der Waals surface area contributed by atoms with Crippen LogP contribution in [0.4, 0.5) is 14.5 Å². The van der Waals surface area contributed by atoms with Crippen molar-refractivity contribution >= 4 is 21.6 Å². The summed E-state index contributed by atoms with van der Waals surface area (Å²) in [6.45, 7) is 1.58. The molecule has 0 saturated heterocycles. The maximum atomic E-state index is 13.7. The Morgan fingerprint density at radius 2 is 1.60 bits per heavy atom. The van der Waals surface area contributed by atoms with Crippen molar-refractivity contribution in [3.63, 3.8) is 0 Å².